The monoisotopic (exact) mass is 111 g/mol. The number of hydrogen-bond acceptors (Lipinski definition) is 1. The van der Waals surface area contributed by atoms with E-state index < -0.39 is 0 Å². The largest absolute Gasteiger partial charge is 0.229 e. The second-order valence-corrected chi connectivity index (χ2v) is 2.80. The third-order valence-corrected chi connectivity index (χ3v) is 1.58. The molecule has 0 N–H and O–H groups in total. The fourth-order valence-corrected chi connectivity index (χ4v) is 0.744. The summed E-state index contributed by atoms with van der Waals surface area (Å²) in [4.78, 5) is 0. The molecule has 0 rings (SSSR count). The molecular formula is C4H9B2S. The van der Waals surface area contributed by atoms with Crippen molar-refractivity contribution in [1.29, 1.82) is 0 Å². The van der Waals surface area contributed by atoms with E-state index in [4.69, 9.17) is 7.74 Å². The summed E-state index contributed by atoms with van der Waals surface area (Å²) < 4.78 is 0. The van der Waals surface area contributed by atoms with Crippen molar-refractivity contribution in [1.82, 2.24) is 0 Å². The second kappa shape index (κ2) is 4.63. The maximum absolute atomic E-state index is 5.11. The summed E-state index contributed by atoms with van der Waals surface area (Å²) in [5.74, 6) is 1.89. The molecule has 0 aliphatic rings. The summed E-state index contributed by atoms with van der Waals surface area (Å²) >= 11 is 1.67. The Morgan fingerprint density at radius 1 is 1.71 bits per heavy atom. The van der Waals surface area contributed by atoms with Crippen LogP contribution in [0.5, 0.6) is 0 Å². The van der Waals surface area contributed by atoms with E-state index in [1.54, 1.807) is 18.1 Å². The minimum Gasteiger partial charge on any atom is -0.229 e. The summed E-state index contributed by atoms with van der Waals surface area (Å²) in [6, 6.07) is 0. The zero-order valence-electron chi connectivity index (χ0n) is 4.85. The fraction of sp³-hybridized carbons (Fsp3) is 1.00. The topological polar surface area (TPSA) is 0 Å². The average molecular weight is 111 g/mol. The lowest BCUT2D eigenvalue weighted by Gasteiger charge is -1.99. The zero-order chi connectivity index (χ0) is 5.70. The quantitative estimate of drug-likeness (QED) is 0.491. The van der Waals surface area contributed by atoms with Gasteiger partial charge in [-0.25, -0.2) is 11.6 Å². The molecule has 0 amide bonds. The Kier molecular flexibility index (Phi) is 4.95. The molecule has 7 heavy (non-hydrogen) atoms. The van der Waals surface area contributed by atoms with Crippen molar-refractivity contribution in [3.05, 3.63) is 0 Å². The highest BCUT2D eigenvalue weighted by atomic mass is 32.2. The van der Waals surface area contributed by atoms with Crippen molar-refractivity contribution in [3.8, 4) is 0 Å². The van der Waals surface area contributed by atoms with Gasteiger partial charge < -0.3 is 0 Å². The lowest BCUT2D eigenvalue weighted by molar-refractivity contribution is 0.752. The summed E-state index contributed by atoms with van der Waals surface area (Å²) in [6.45, 7) is 4.35. The summed E-state index contributed by atoms with van der Waals surface area (Å²) in [5, 5.41) is 0. The normalized spacial score (nSPS) is 9.57. The van der Waals surface area contributed by atoms with E-state index in [0.29, 0.717) is 0 Å². The van der Waals surface area contributed by atoms with E-state index in [2.05, 4.69) is 13.8 Å². The summed E-state index contributed by atoms with van der Waals surface area (Å²) in [6.07, 6.45) is 1.64. The highest BCUT2D eigenvalue weighted by Gasteiger charge is 1.89. The van der Waals surface area contributed by atoms with Crippen LogP contribution in [0.1, 0.15) is 13.8 Å². The fourth-order valence-electron chi connectivity index (χ4n) is 0.248. The smallest absolute Gasteiger partial charge is 0.134 e. The van der Waals surface area contributed by atoms with E-state index in [1.807, 2.05) is 0 Å². The Hall–Kier alpha value is 0.480. The van der Waals surface area contributed by atoms with Gasteiger partial charge in [0.05, 0.1) is 0 Å². The van der Waals surface area contributed by atoms with Gasteiger partial charge in [0, 0.05) is 7.74 Å². The first kappa shape index (κ1) is 7.48. The highest BCUT2D eigenvalue weighted by molar-refractivity contribution is 8.26. The maximum atomic E-state index is 5.11. The Morgan fingerprint density at radius 3 is 2.43 bits per heavy atom. The van der Waals surface area contributed by atoms with Crippen LogP contribution in [0.4, 0.5) is 0 Å². The van der Waals surface area contributed by atoms with Crippen LogP contribution in [0, 0.1) is 5.92 Å². The van der Waals surface area contributed by atoms with Crippen LogP contribution in [0.15, 0.2) is 0 Å². The molecule has 0 aliphatic heterocycles. The average Bonchev–Trinajstić information content (AvgIpc) is 1.61. The van der Waals surface area contributed by atoms with Gasteiger partial charge in [-0.3, -0.25) is 0 Å². The van der Waals surface area contributed by atoms with Gasteiger partial charge in [-0.05, 0) is 11.7 Å². The van der Waals surface area contributed by atoms with Crippen LogP contribution in [0.2, 0.25) is 0 Å². The van der Waals surface area contributed by atoms with Crippen molar-refractivity contribution in [2.24, 2.45) is 5.92 Å². The van der Waals surface area contributed by atoms with Gasteiger partial charge in [0.15, 0.2) is 0 Å². The lowest BCUT2D eigenvalue weighted by Crippen LogP contribution is -1.93. The standard InChI is InChI=1S/C4H9B2S/c1-4(2)3-7-6-5/h4H,3H2,1-2H3. The molecule has 0 saturated heterocycles. The zero-order valence-corrected chi connectivity index (χ0v) is 5.66. The molecule has 3 radical (unpaired) electrons. The Morgan fingerprint density at radius 2 is 2.29 bits per heavy atom. The Balaban J connectivity index is 2.68. The van der Waals surface area contributed by atoms with Gasteiger partial charge in [-0.2, -0.15) is 0 Å². The predicted octanol–water partition coefficient (Wildman–Crippen LogP) is 1.08. The van der Waals surface area contributed by atoms with E-state index in [1.165, 1.54) is 0 Å². The third-order valence-electron chi connectivity index (χ3n) is 0.526. The van der Waals surface area contributed by atoms with Crippen LogP contribution in [0.3, 0.4) is 0 Å². The molecular weight excluding hydrogens is 102 g/mol. The van der Waals surface area contributed by atoms with Crippen LogP contribution in [-0.4, -0.2) is 19.9 Å². The second-order valence-electron chi connectivity index (χ2n) is 1.86. The first-order chi connectivity index (χ1) is 3.27. The van der Waals surface area contributed by atoms with Crippen molar-refractivity contribution < 1.29 is 0 Å². The van der Waals surface area contributed by atoms with Crippen LogP contribution >= 0.6 is 11.6 Å². The van der Waals surface area contributed by atoms with Gasteiger partial charge in [-0.15, -0.1) is 0 Å². The van der Waals surface area contributed by atoms with Gasteiger partial charge in [-0.1, -0.05) is 13.8 Å². The molecule has 37 valence electrons. The molecule has 0 atom stereocenters. The van der Waals surface area contributed by atoms with Crippen LogP contribution in [-0.2, 0) is 0 Å². The van der Waals surface area contributed by atoms with E-state index in [-0.39, 0.29) is 0 Å². The lowest BCUT2D eigenvalue weighted by atomic mass is 9.79. The first-order valence-corrected chi connectivity index (χ1v) is 3.47. The molecule has 0 aromatic carbocycles. The summed E-state index contributed by atoms with van der Waals surface area (Å²) in [5.41, 5.74) is 0. The molecule has 0 bridgehead atoms. The minimum absolute atomic E-state index is 0.754. The molecule has 0 aliphatic carbocycles. The molecule has 0 unspecified atom stereocenters. The van der Waals surface area contributed by atoms with E-state index >= 15 is 0 Å². The van der Waals surface area contributed by atoms with Crippen molar-refractivity contribution in [2.45, 2.75) is 13.8 Å². The molecule has 0 aromatic heterocycles. The summed E-state index contributed by atoms with van der Waals surface area (Å²) in [7, 11) is 5.11. The van der Waals surface area contributed by atoms with Gasteiger partial charge in [0.25, 0.3) is 0 Å². The van der Waals surface area contributed by atoms with Gasteiger partial charge >= 0.3 is 0 Å². The van der Waals surface area contributed by atoms with Gasteiger partial charge in [0.2, 0.25) is 0 Å². The Bertz CT molecular complexity index is 38.7. The van der Waals surface area contributed by atoms with Gasteiger partial charge in [0.1, 0.15) is 6.45 Å². The third kappa shape index (κ3) is 6.48. The van der Waals surface area contributed by atoms with Crippen molar-refractivity contribution in [2.75, 3.05) is 5.75 Å². The molecule has 0 fully saturated rings. The molecule has 3 heteroatoms. The first-order valence-electron chi connectivity index (χ1n) is 2.42. The van der Waals surface area contributed by atoms with E-state index in [9.17, 15) is 0 Å². The molecule has 0 saturated carbocycles. The molecule has 0 spiro atoms. The number of hydrogen-bond donors (Lipinski definition) is 0. The van der Waals surface area contributed by atoms with Crippen molar-refractivity contribution in [3.63, 3.8) is 0 Å². The molecule has 0 aromatic rings. The predicted molar refractivity (Wildman–Crippen MR) is 38.8 cm³/mol. The Labute approximate surface area is 52.0 Å². The van der Waals surface area contributed by atoms with Crippen LogP contribution in [0.25, 0.3) is 0 Å². The maximum Gasteiger partial charge on any atom is 0.134 e. The van der Waals surface area contributed by atoms with Crippen LogP contribution < -0.4 is 0 Å². The SMILES string of the molecule is [B][B]SCC(C)C. The minimum atomic E-state index is 0.754. The van der Waals surface area contributed by atoms with E-state index in [0.717, 1.165) is 11.7 Å². The molecule has 0 nitrogen and oxygen atoms in total. The molecule has 0 heterocycles. The highest BCUT2D eigenvalue weighted by Crippen LogP contribution is 2.02. The number of rotatable bonds is 3. The van der Waals surface area contributed by atoms with Crippen molar-refractivity contribution >= 4 is 25.8 Å².